The molecule has 1 atom stereocenters. The van der Waals surface area contributed by atoms with Crippen molar-refractivity contribution in [3.8, 4) is 6.07 Å². The van der Waals surface area contributed by atoms with Crippen molar-refractivity contribution in [2.24, 2.45) is 0 Å². The lowest BCUT2D eigenvalue weighted by molar-refractivity contribution is -0.885. The number of carbonyl (C=O) groups is 1. The third kappa shape index (κ3) is 4.92. The Morgan fingerprint density at radius 1 is 1.30 bits per heavy atom. The number of quaternary nitrogens is 1. The minimum Gasteiger partial charge on any atom is -0.326 e. The van der Waals surface area contributed by atoms with Gasteiger partial charge in [-0.05, 0) is 22.9 Å². The average molecular weight is 328 g/mol. The summed E-state index contributed by atoms with van der Waals surface area (Å²) in [4.78, 5) is 13.2. The van der Waals surface area contributed by atoms with Gasteiger partial charge in [-0.1, -0.05) is 38.1 Å². The summed E-state index contributed by atoms with van der Waals surface area (Å²) in [7, 11) is 2.00. The van der Waals surface area contributed by atoms with E-state index < -0.39 is 0 Å². The van der Waals surface area contributed by atoms with E-state index in [-0.39, 0.29) is 5.91 Å². The van der Waals surface area contributed by atoms with Crippen molar-refractivity contribution in [2.45, 2.75) is 26.3 Å². The van der Waals surface area contributed by atoms with Crippen molar-refractivity contribution in [1.82, 2.24) is 0 Å². The van der Waals surface area contributed by atoms with E-state index in [1.807, 2.05) is 7.05 Å². The number of likely N-dealkylation sites (N-methyl/N-ethyl adjacent to an activating group) is 1. The zero-order valence-electron chi connectivity index (χ0n) is 13.7. The number of thiophene rings is 1. The number of nitrogens with one attached hydrogen (secondary N) is 2. The number of nitrogens with zero attached hydrogens (tertiary/aromatic N) is 1. The fourth-order valence-corrected chi connectivity index (χ4v) is 3.12. The number of hydrogen-bond donors (Lipinski definition) is 2. The molecule has 4 nitrogen and oxygen atoms in total. The van der Waals surface area contributed by atoms with Crippen LogP contribution in [0.2, 0.25) is 0 Å². The van der Waals surface area contributed by atoms with Crippen molar-refractivity contribution in [3.63, 3.8) is 0 Å². The van der Waals surface area contributed by atoms with Gasteiger partial charge in [-0.2, -0.15) is 5.26 Å². The predicted molar refractivity (Wildman–Crippen MR) is 93.7 cm³/mol. The Morgan fingerprint density at radius 3 is 2.61 bits per heavy atom. The number of nitriles is 1. The quantitative estimate of drug-likeness (QED) is 0.855. The Bertz CT molecular complexity index is 698. The highest BCUT2D eigenvalue weighted by atomic mass is 32.1. The lowest BCUT2D eigenvalue weighted by Crippen LogP contribution is -3.08. The lowest BCUT2D eigenvalue weighted by atomic mass is 10.0. The lowest BCUT2D eigenvalue weighted by Gasteiger charge is -2.14. The highest BCUT2D eigenvalue weighted by Gasteiger charge is 2.13. The molecule has 2 N–H and O–H groups in total. The molecule has 1 aromatic carbocycles. The molecule has 0 aliphatic heterocycles. The zero-order chi connectivity index (χ0) is 16.8. The highest BCUT2D eigenvalue weighted by Crippen LogP contribution is 2.21. The van der Waals surface area contributed by atoms with Crippen LogP contribution < -0.4 is 10.2 Å². The largest absolute Gasteiger partial charge is 0.326 e. The Kier molecular flexibility index (Phi) is 5.91. The molecular formula is C18H22N3OS+. The van der Waals surface area contributed by atoms with Crippen LogP contribution in [0.5, 0.6) is 0 Å². The first-order chi connectivity index (χ1) is 11.0. The number of anilines is 1. The Balaban J connectivity index is 1.88. The van der Waals surface area contributed by atoms with Crippen LogP contribution in [0, 0.1) is 11.3 Å². The van der Waals surface area contributed by atoms with Gasteiger partial charge in [-0.25, -0.2) is 0 Å². The van der Waals surface area contributed by atoms with Crippen LogP contribution in [0.15, 0.2) is 35.7 Å². The summed E-state index contributed by atoms with van der Waals surface area (Å²) in [5, 5.41) is 14.2. The monoisotopic (exact) mass is 328 g/mol. The molecule has 2 rings (SSSR count). The first-order valence-corrected chi connectivity index (χ1v) is 8.55. The maximum atomic E-state index is 12.1. The van der Waals surface area contributed by atoms with E-state index >= 15 is 0 Å². The summed E-state index contributed by atoms with van der Waals surface area (Å²) in [6.45, 7) is 5.52. The van der Waals surface area contributed by atoms with Crippen LogP contribution in [0.25, 0.3) is 0 Å². The molecule has 23 heavy (non-hydrogen) atoms. The van der Waals surface area contributed by atoms with Crippen LogP contribution in [0.3, 0.4) is 0 Å². The summed E-state index contributed by atoms with van der Waals surface area (Å²) in [5.41, 5.74) is 3.06. The van der Waals surface area contributed by atoms with Gasteiger partial charge in [0.2, 0.25) is 0 Å². The van der Waals surface area contributed by atoms with E-state index in [0.29, 0.717) is 23.0 Å². The molecule has 0 saturated heterocycles. The van der Waals surface area contributed by atoms with E-state index in [0.717, 1.165) is 11.4 Å². The van der Waals surface area contributed by atoms with E-state index in [2.05, 4.69) is 49.5 Å². The molecule has 5 heteroatoms. The molecule has 0 saturated carbocycles. The van der Waals surface area contributed by atoms with Crippen LogP contribution in [0.1, 0.15) is 36.5 Å². The molecule has 1 amide bonds. The van der Waals surface area contributed by atoms with Gasteiger partial charge in [-0.15, -0.1) is 11.3 Å². The third-order valence-corrected chi connectivity index (χ3v) is 4.48. The van der Waals surface area contributed by atoms with Crippen molar-refractivity contribution >= 4 is 22.2 Å². The fraction of sp³-hybridized carbons (Fsp3) is 0.333. The SMILES string of the molecule is CC(C)c1ccc(C[NH+](C)CC(=O)Nc2sccc2C#N)cc1. The first kappa shape index (κ1) is 17.2. The standard InChI is InChI=1S/C18H21N3OS/c1-13(2)15-6-4-14(5-7-15)11-21(3)12-17(22)20-18-16(10-19)8-9-23-18/h4-9,13H,11-12H2,1-3H3,(H,20,22)/p+1. The second-order valence-electron chi connectivity index (χ2n) is 6.03. The predicted octanol–water partition coefficient (Wildman–Crippen LogP) is 2.40. The van der Waals surface area contributed by atoms with Crippen molar-refractivity contribution < 1.29 is 9.69 Å². The van der Waals surface area contributed by atoms with E-state index in [1.165, 1.54) is 22.5 Å². The molecule has 1 aromatic heterocycles. The molecule has 1 heterocycles. The highest BCUT2D eigenvalue weighted by molar-refractivity contribution is 7.14. The van der Waals surface area contributed by atoms with Crippen LogP contribution in [-0.2, 0) is 11.3 Å². The molecule has 0 spiro atoms. The van der Waals surface area contributed by atoms with Gasteiger partial charge in [0.05, 0.1) is 12.6 Å². The minimum atomic E-state index is -0.0692. The number of carbonyl (C=O) groups excluding carboxylic acids is 1. The van der Waals surface area contributed by atoms with Crippen LogP contribution in [-0.4, -0.2) is 19.5 Å². The van der Waals surface area contributed by atoms with Gasteiger partial charge in [0.15, 0.2) is 6.54 Å². The normalized spacial score (nSPS) is 12.0. The minimum absolute atomic E-state index is 0.0692. The molecule has 0 aliphatic carbocycles. The number of benzene rings is 1. The zero-order valence-corrected chi connectivity index (χ0v) is 14.5. The van der Waals surface area contributed by atoms with Gasteiger partial charge >= 0.3 is 0 Å². The number of rotatable bonds is 6. The van der Waals surface area contributed by atoms with Gasteiger partial charge in [-0.3, -0.25) is 4.79 Å². The van der Waals surface area contributed by atoms with E-state index in [1.54, 1.807) is 11.4 Å². The molecule has 0 bridgehead atoms. The summed E-state index contributed by atoms with van der Waals surface area (Å²) in [5.74, 6) is 0.459. The molecule has 2 aromatic rings. The van der Waals surface area contributed by atoms with Gasteiger partial charge in [0.25, 0.3) is 5.91 Å². The smallest absolute Gasteiger partial charge is 0.280 e. The van der Waals surface area contributed by atoms with Crippen LogP contribution >= 0.6 is 11.3 Å². The maximum absolute atomic E-state index is 12.1. The number of hydrogen-bond acceptors (Lipinski definition) is 3. The van der Waals surface area contributed by atoms with Crippen molar-refractivity contribution in [3.05, 3.63) is 52.4 Å². The molecule has 0 aliphatic rings. The summed E-state index contributed by atoms with van der Waals surface area (Å²) in [6, 6.07) is 12.4. The van der Waals surface area contributed by atoms with Crippen molar-refractivity contribution in [1.29, 1.82) is 5.26 Å². The van der Waals surface area contributed by atoms with Crippen molar-refractivity contribution in [2.75, 3.05) is 18.9 Å². The Morgan fingerprint density at radius 2 is 2.00 bits per heavy atom. The summed E-state index contributed by atoms with van der Waals surface area (Å²) < 4.78 is 0. The van der Waals surface area contributed by atoms with Gasteiger partial charge < -0.3 is 10.2 Å². The summed E-state index contributed by atoms with van der Waals surface area (Å²) in [6.07, 6.45) is 0. The van der Waals surface area contributed by atoms with Crippen LogP contribution in [0.4, 0.5) is 5.00 Å². The van der Waals surface area contributed by atoms with Gasteiger partial charge in [0.1, 0.15) is 17.6 Å². The number of amides is 1. The second kappa shape index (κ2) is 7.91. The summed E-state index contributed by atoms with van der Waals surface area (Å²) >= 11 is 1.37. The topological polar surface area (TPSA) is 57.3 Å². The van der Waals surface area contributed by atoms with E-state index in [4.69, 9.17) is 5.26 Å². The Labute approximate surface area is 141 Å². The molecule has 120 valence electrons. The average Bonchev–Trinajstić information content (AvgIpc) is 2.94. The molecule has 0 radical (unpaired) electrons. The van der Waals surface area contributed by atoms with E-state index in [9.17, 15) is 4.79 Å². The molecule has 0 fully saturated rings. The fourth-order valence-electron chi connectivity index (χ4n) is 2.37. The third-order valence-electron chi connectivity index (χ3n) is 3.65. The maximum Gasteiger partial charge on any atom is 0.280 e. The first-order valence-electron chi connectivity index (χ1n) is 7.67. The van der Waals surface area contributed by atoms with Gasteiger partial charge in [0, 0.05) is 5.56 Å². The molecule has 1 unspecified atom stereocenters. The Hall–Kier alpha value is -2.16. The molecular weight excluding hydrogens is 306 g/mol. The second-order valence-corrected chi connectivity index (χ2v) is 6.95.